The van der Waals surface area contributed by atoms with Crippen LogP contribution in [0.4, 0.5) is 10.8 Å². The van der Waals surface area contributed by atoms with Gasteiger partial charge in [0.15, 0.2) is 5.13 Å². The van der Waals surface area contributed by atoms with Crippen LogP contribution < -0.4 is 4.90 Å². The van der Waals surface area contributed by atoms with E-state index in [9.17, 15) is 8.76 Å². The van der Waals surface area contributed by atoms with Crippen LogP contribution in [0.1, 0.15) is 56.7 Å². The Labute approximate surface area is 156 Å². The van der Waals surface area contributed by atoms with Gasteiger partial charge in [-0.15, -0.1) is 11.3 Å². The van der Waals surface area contributed by atoms with Crippen molar-refractivity contribution in [1.29, 1.82) is 0 Å². The molecule has 0 N–H and O–H groups in total. The van der Waals surface area contributed by atoms with Gasteiger partial charge in [-0.2, -0.15) is 0 Å². The molecule has 1 aliphatic rings. The van der Waals surface area contributed by atoms with E-state index in [-0.39, 0.29) is 0 Å². The number of hydrogen-bond acceptors (Lipinski definition) is 5. The second-order valence-corrected chi connectivity index (χ2v) is 8.34. The zero-order valence-electron chi connectivity index (χ0n) is 14.7. The van der Waals surface area contributed by atoms with Gasteiger partial charge in [0.25, 0.3) is 0 Å². The summed E-state index contributed by atoms with van der Waals surface area (Å²) in [6.07, 6.45) is 9.73. The molecular weight excluding hydrogens is 352 g/mol. The summed E-state index contributed by atoms with van der Waals surface area (Å²) in [5.41, 5.74) is 3.37. The minimum atomic E-state index is -2.16. The standard InChI is InChI=1S/C19H26N2O2S2/c1-2-3-4-5-6-7-8-16-14-24-19(20-16)21-12-11-15-13-17(25(22)23)9-10-18(15)21/h9-10,13-14H,2-8,11-12H2,1H3,(H,22,23)/p-1. The van der Waals surface area contributed by atoms with Crippen LogP contribution in [0.5, 0.6) is 0 Å². The third-order valence-electron chi connectivity index (χ3n) is 4.70. The average Bonchev–Trinajstić information content (AvgIpc) is 3.23. The molecule has 25 heavy (non-hydrogen) atoms. The lowest BCUT2D eigenvalue weighted by atomic mass is 10.1. The highest BCUT2D eigenvalue weighted by molar-refractivity contribution is 7.79. The van der Waals surface area contributed by atoms with Crippen molar-refractivity contribution in [1.82, 2.24) is 4.98 Å². The maximum atomic E-state index is 11.1. The molecule has 0 amide bonds. The maximum Gasteiger partial charge on any atom is 0.190 e. The van der Waals surface area contributed by atoms with Crippen molar-refractivity contribution in [2.24, 2.45) is 0 Å². The minimum Gasteiger partial charge on any atom is -0.768 e. The Hall–Kier alpha value is -1.24. The number of thiazole rings is 1. The lowest BCUT2D eigenvalue weighted by Crippen LogP contribution is -2.13. The third-order valence-corrected chi connectivity index (χ3v) is 6.25. The molecule has 1 atom stereocenters. The number of nitrogens with zero attached hydrogens (tertiary/aromatic N) is 2. The average molecular weight is 378 g/mol. The van der Waals surface area contributed by atoms with Crippen molar-refractivity contribution in [2.75, 3.05) is 11.4 Å². The van der Waals surface area contributed by atoms with Crippen LogP contribution in [0.2, 0.25) is 0 Å². The molecule has 1 aromatic heterocycles. The van der Waals surface area contributed by atoms with Crippen molar-refractivity contribution < 1.29 is 8.76 Å². The van der Waals surface area contributed by atoms with Gasteiger partial charge in [-0.1, -0.05) is 39.0 Å². The maximum absolute atomic E-state index is 11.1. The Morgan fingerprint density at radius 3 is 2.84 bits per heavy atom. The zero-order valence-corrected chi connectivity index (χ0v) is 16.3. The topological polar surface area (TPSA) is 56.3 Å². The molecule has 0 saturated carbocycles. The van der Waals surface area contributed by atoms with E-state index >= 15 is 0 Å². The Bertz CT molecular complexity index is 730. The van der Waals surface area contributed by atoms with E-state index in [1.807, 2.05) is 6.07 Å². The van der Waals surface area contributed by atoms with E-state index in [0.717, 1.165) is 35.8 Å². The van der Waals surface area contributed by atoms with Gasteiger partial charge in [-0.25, -0.2) is 4.98 Å². The van der Waals surface area contributed by atoms with Gasteiger partial charge in [0.1, 0.15) is 0 Å². The number of aryl methyl sites for hydroxylation is 1. The number of rotatable bonds is 9. The summed E-state index contributed by atoms with van der Waals surface area (Å²) in [5, 5.41) is 3.19. The third kappa shape index (κ3) is 4.68. The van der Waals surface area contributed by atoms with Crippen LogP contribution in [0.3, 0.4) is 0 Å². The molecule has 1 aliphatic heterocycles. The summed E-state index contributed by atoms with van der Waals surface area (Å²) in [6.45, 7) is 3.11. The molecule has 0 fully saturated rings. The monoisotopic (exact) mass is 377 g/mol. The van der Waals surface area contributed by atoms with Crippen LogP contribution in [-0.4, -0.2) is 20.3 Å². The van der Waals surface area contributed by atoms with Crippen LogP contribution in [-0.2, 0) is 23.9 Å². The fourth-order valence-electron chi connectivity index (χ4n) is 3.30. The summed E-state index contributed by atoms with van der Waals surface area (Å²) < 4.78 is 22.2. The number of benzene rings is 1. The van der Waals surface area contributed by atoms with Crippen molar-refractivity contribution in [3.05, 3.63) is 34.8 Å². The van der Waals surface area contributed by atoms with Gasteiger partial charge < -0.3 is 9.45 Å². The van der Waals surface area contributed by atoms with Crippen molar-refractivity contribution in [2.45, 2.75) is 63.2 Å². The summed E-state index contributed by atoms with van der Waals surface area (Å²) in [4.78, 5) is 7.38. The summed E-state index contributed by atoms with van der Waals surface area (Å²) >= 11 is -0.476. The second-order valence-electron chi connectivity index (χ2n) is 6.57. The molecule has 6 heteroatoms. The van der Waals surface area contributed by atoms with E-state index in [4.69, 9.17) is 4.98 Å². The molecule has 2 heterocycles. The van der Waals surface area contributed by atoms with E-state index < -0.39 is 11.1 Å². The molecule has 0 radical (unpaired) electrons. The van der Waals surface area contributed by atoms with Crippen molar-refractivity contribution >= 4 is 33.2 Å². The molecule has 2 aromatic rings. The Morgan fingerprint density at radius 1 is 1.24 bits per heavy atom. The number of unbranched alkanes of at least 4 members (excludes halogenated alkanes) is 5. The molecule has 4 nitrogen and oxygen atoms in total. The fourth-order valence-corrected chi connectivity index (χ4v) is 4.62. The van der Waals surface area contributed by atoms with Crippen LogP contribution in [0.25, 0.3) is 0 Å². The first-order chi connectivity index (χ1) is 12.2. The smallest absolute Gasteiger partial charge is 0.190 e. The molecule has 136 valence electrons. The van der Waals surface area contributed by atoms with Gasteiger partial charge in [0.05, 0.1) is 5.69 Å². The van der Waals surface area contributed by atoms with E-state index in [0.29, 0.717) is 4.90 Å². The van der Waals surface area contributed by atoms with Crippen molar-refractivity contribution in [3.8, 4) is 0 Å². The van der Waals surface area contributed by atoms with E-state index in [1.54, 1.807) is 23.5 Å². The number of aromatic nitrogens is 1. The number of hydrogen-bond donors (Lipinski definition) is 0. The largest absolute Gasteiger partial charge is 0.768 e. The number of fused-ring (bicyclic) bond motifs is 1. The quantitative estimate of drug-likeness (QED) is 0.457. The first-order valence-electron chi connectivity index (χ1n) is 9.13. The van der Waals surface area contributed by atoms with Crippen molar-refractivity contribution in [3.63, 3.8) is 0 Å². The first kappa shape index (κ1) is 18.5. The Morgan fingerprint density at radius 2 is 2.04 bits per heavy atom. The predicted octanol–water partition coefficient (Wildman–Crippen LogP) is 4.98. The summed E-state index contributed by atoms with van der Waals surface area (Å²) in [6, 6.07) is 5.36. The molecule has 0 aliphatic carbocycles. The summed E-state index contributed by atoms with van der Waals surface area (Å²) in [5.74, 6) is 0. The molecule has 0 saturated heterocycles. The Kier molecular flexibility index (Phi) is 6.62. The van der Waals surface area contributed by atoms with Crippen LogP contribution in [0, 0.1) is 0 Å². The number of anilines is 2. The van der Waals surface area contributed by atoms with Gasteiger partial charge in [-0.3, -0.25) is 4.21 Å². The summed E-state index contributed by atoms with van der Waals surface area (Å²) in [7, 11) is 0. The van der Waals surface area contributed by atoms with E-state index in [1.165, 1.54) is 44.2 Å². The normalized spacial score (nSPS) is 14.7. The lowest BCUT2D eigenvalue weighted by molar-refractivity contribution is 0.537. The van der Waals surface area contributed by atoms with Gasteiger partial charge in [0, 0.05) is 22.5 Å². The van der Waals surface area contributed by atoms with Gasteiger partial charge in [-0.05, 0) is 54.1 Å². The predicted molar refractivity (Wildman–Crippen MR) is 104 cm³/mol. The molecular formula is C19H25N2O2S2-. The van der Waals surface area contributed by atoms with E-state index in [2.05, 4.69) is 17.2 Å². The highest BCUT2D eigenvalue weighted by Gasteiger charge is 2.23. The highest BCUT2D eigenvalue weighted by Crippen LogP contribution is 2.37. The van der Waals surface area contributed by atoms with Gasteiger partial charge in [0.2, 0.25) is 0 Å². The SMILES string of the molecule is CCCCCCCCc1csc(N2CCc3cc(S(=O)[O-])ccc32)n1. The second kappa shape index (κ2) is 8.92. The zero-order chi connectivity index (χ0) is 17.6. The lowest BCUT2D eigenvalue weighted by Gasteiger charge is -2.16. The van der Waals surface area contributed by atoms with Crippen LogP contribution >= 0.6 is 11.3 Å². The minimum absolute atomic E-state index is 0.364. The molecule has 1 aromatic carbocycles. The molecule has 0 spiro atoms. The first-order valence-corrected chi connectivity index (χ1v) is 11.1. The molecule has 1 unspecified atom stereocenters. The van der Waals surface area contributed by atoms with Gasteiger partial charge >= 0.3 is 0 Å². The Balaban J connectivity index is 1.58. The molecule has 3 rings (SSSR count). The van der Waals surface area contributed by atoms with Crippen LogP contribution in [0.15, 0.2) is 28.5 Å². The fraction of sp³-hybridized carbons (Fsp3) is 0.526. The highest BCUT2D eigenvalue weighted by atomic mass is 32.2. The molecule has 0 bridgehead atoms.